The second kappa shape index (κ2) is 6.14. The number of anilines is 1. The van der Waals surface area contributed by atoms with Crippen molar-refractivity contribution >= 4 is 5.69 Å². The van der Waals surface area contributed by atoms with Crippen molar-refractivity contribution in [3.8, 4) is 5.88 Å². The van der Waals surface area contributed by atoms with Crippen LogP contribution < -0.4 is 15.4 Å². The lowest BCUT2D eigenvalue weighted by atomic mass is 10.1. The smallest absolute Gasteiger partial charge is 0.213 e. The maximum Gasteiger partial charge on any atom is 0.213 e. The molecule has 1 saturated heterocycles. The predicted molar refractivity (Wildman–Crippen MR) is 84.6 cm³/mol. The van der Waals surface area contributed by atoms with E-state index in [0.717, 1.165) is 25.1 Å². The topological polar surface area (TPSA) is 51.4 Å². The Morgan fingerprint density at radius 1 is 1.29 bits per heavy atom. The Balaban J connectivity index is 1.66. The molecule has 1 aliphatic rings. The summed E-state index contributed by atoms with van der Waals surface area (Å²) in [6, 6.07) is 12.3. The van der Waals surface area contributed by atoms with E-state index >= 15 is 0 Å². The van der Waals surface area contributed by atoms with Crippen molar-refractivity contribution in [1.29, 1.82) is 0 Å². The summed E-state index contributed by atoms with van der Waals surface area (Å²) in [6.07, 6.45) is 3.03. The number of nitrogens with zero attached hydrogens (tertiary/aromatic N) is 2. The third kappa shape index (κ3) is 3.16. The third-order valence-electron chi connectivity index (χ3n) is 3.87. The number of hydrogen-bond donors (Lipinski definition) is 1. The highest BCUT2D eigenvalue weighted by Gasteiger charge is 2.25. The minimum atomic E-state index is 0.186. The molecule has 0 aliphatic carbocycles. The highest BCUT2D eigenvalue weighted by atomic mass is 16.5. The molecule has 1 aromatic carbocycles. The molecule has 4 nitrogen and oxygen atoms in total. The average Bonchev–Trinajstić information content (AvgIpc) is 2.98. The highest BCUT2D eigenvalue weighted by molar-refractivity contribution is 5.54. The number of pyridine rings is 1. The van der Waals surface area contributed by atoms with E-state index < -0.39 is 0 Å². The number of para-hydroxylation sites is 1. The van der Waals surface area contributed by atoms with Crippen molar-refractivity contribution in [1.82, 2.24) is 4.98 Å². The summed E-state index contributed by atoms with van der Waals surface area (Å²) in [6.45, 7) is 4.47. The molecular formula is C17H21N3O. The van der Waals surface area contributed by atoms with Crippen LogP contribution in [0.1, 0.15) is 17.5 Å². The maximum absolute atomic E-state index is 5.97. The van der Waals surface area contributed by atoms with E-state index in [4.69, 9.17) is 10.5 Å². The second-order valence-electron chi connectivity index (χ2n) is 5.48. The van der Waals surface area contributed by atoms with Gasteiger partial charge in [0.25, 0.3) is 0 Å². The molecule has 3 rings (SSSR count). The Bertz CT molecular complexity index is 597. The Kier molecular flexibility index (Phi) is 4.06. The SMILES string of the molecule is Cc1ccc(O[C@@H]2CCN(c3ccccc3CN)C2)nc1. The molecule has 0 spiro atoms. The van der Waals surface area contributed by atoms with Gasteiger partial charge in [0, 0.05) is 37.5 Å². The molecule has 0 unspecified atom stereocenters. The molecule has 21 heavy (non-hydrogen) atoms. The summed E-state index contributed by atoms with van der Waals surface area (Å²) >= 11 is 0. The molecule has 4 heteroatoms. The molecule has 2 heterocycles. The number of benzene rings is 1. The molecule has 1 aromatic heterocycles. The number of aryl methyl sites for hydroxylation is 1. The average molecular weight is 283 g/mol. The number of rotatable bonds is 4. The van der Waals surface area contributed by atoms with Crippen LogP contribution in [-0.2, 0) is 6.54 Å². The van der Waals surface area contributed by atoms with Gasteiger partial charge in [0.1, 0.15) is 6.10 Å². The van der Waals surface area contributed by atoms with Crippen LogP contribution in [0.15, 0.2) is 42.6 Å². The molecule has 1 aliphatic heterocycles. The van der Waals surface area contributed by atoms with Crippen molar-refractivity contribution < 1.29 is 4.74 Å². The lowest BCUT2D eigenvalue weighted by Crippen LogP contribution is -2.25. The van der Waals surface area contributed by atoms with Gasteiger partial charge in [-0.1, -0.05) is 24.3 Å². The van der Waals surface area contributed by atoms with Gasteiger partial charge in [0.2, 0.25) is 5.88 Å². The van der Waals surface area contributed by atoms with E-state index in [9.17, 15) is 0 Å². The minimum absolute atomic E-state index is 0.186. The van der Waals surface area contributed by atoms with Crippen molar-refractivity contribution in [3.63, 3.8) is 0 Å². The predicted octanol–water partition coefficient (Wildman–Crippen LogP) is 2.51. The first-order chi connectivity index (χ1) is 10.3. The number of aromatic nitrogens is 1. The van der Waals surface area contributed by atoms with Gasteiger partial charge in [-0.25, -0.2) is 4.98 Å². The zero-order valence-corrected chi connectivity index (χ0v) is 12.3. The fraction of sp³-hybridized carbons (Fsp3) is 0.353. The molecule has 0 amide bonds. The van der Waals surface area contributed by atoms with Crippen LogP contribution in [0.2, 0.25) is 0 Å². The Morgan fingerprint density at radius 3 is 2.90 bits per heavy atom. The van der Waals surface area contributed by atoms with Gasteiger partial charge in [-0.2, -0.15) is 0 Å². The van der Waals surface area contributed by atoms with Crippen LogP contribution >= 0.6 is 0 Å². The fourth-order valence-corrected chi connectivity index (χ4v) is 2.73. The number of hydrogen-bond acceptors (Lipinski definition) is 4. The van der Waals surface area contributed by atoms with Crippen LogP contribution in [0, 0.1) is 6.92 Å². The van der Waals surface area contributed by atoms with Gasteiger partial charge < -0.3 is 15.4 Å². The number of ether oxygens (including phenoxy) is 1. The first kappa shape index (κ1) is 13.9. The monoisotopic (exact) mass is 283 g/mol. The fourth-order valence-electron chi connectivity index (χ4n) is 2.73. The van der Waals surface area contributed by atoms with Crippen molar-refractivity contribution in [2.45, 2.75) is 26.0 Å². The van der Waals surface area contributed by atoms with E-state index in [1.165, 1.54) is 11.3 Å². The third-order valence-corrected chi connectivity index (χ3v) is 3.87. The molecule has 1 atom stereocenters. The van der Waals surface area contributed by atoms with Crippen LogP contribution in [0.4, 0.5) is 5.69 Å². The molecule has 0 saturated carbocycles. The Labute approximate surface area is 125 Å². The molecule has 1 fully saturated rings. The Hall–Kier alpha value is -2.07. The van der Waals surface area contributed by atoms with E-state index in [2.05, 4.69) is 28.1 Å². The van der Waals surface area contributed by atoms with Crippen LogP contribution in [0.25, 0.3) is 0 Å². The normalized spacial score (nSPS) is 18.0. The van der Waals surface area contributed by atoms with E-state index in [0.29, 0.717) is 12.4 Å². The largest absolute Gasteiger partial charge is 0.472 e. The lowest BCUT2D eigenvalue weighted by Gasteiger charge is -2.21. The maximum atomic E-state index is 5.97. The van der Waals surface area contributed by atoms with E-state index in [1.807, 2.05) is 31.3 Å². The molecule has 0 bridgehead atoms. The standard InChI is InChI=1S/C17H21N3O/c1-13-6-7-17(19-11-13)21-15-8-9-20(12-15)16-5-3-2-4-14(16)10-18/h2-7,11,15H,8-10,12,18H2,1H3/t15-/m1/s1. The first-order valence-corrected chi connectivity index (χ1v) is 7.38. The van der Waals surface area contributed by atoms with Crippen LogP contribution in [-0.4, -0.2) is 24.2 Å². The van der Waals surface area contributed by atoms with Crippen molar-refractivity contribution in [2.75, 3.05) is 18.0 Å². The summed E-state index contributed by atoms with van der Waals surface area (Å²) < 4.78 is 5.97. The van der Waals surface area contributed by atoms with Crippen LogP contribution in [0.5, 0.6) is 5.88 Å². The van der Waals surface area contributed by atoms with Crippen molar-refractivity contribution in [2.24, 2.45) is 5.73 Å². The van der Waals surface area contributed by atoms with E-state index in [1.54, 1.807) is 0 Å². The highest BCUT2D eigenvalue weighted by Crippen LogP contribution is 2.26. The number of nitrogens with two attached hydrogens (primary N) is 1. The molecule has 110 valence electrons. The van der Waals surface area contributed by atoms with E-state index in [-0.39, 0.29) is 6.10 Å². The molecule has 0 radical (unpaired) electrons. The van der Waals surface area contributed by atoms with Gasteiger partial charge in [-0.15, -0.1) is 0 Å². The van der Waals surface area contributed by atoms with Gasteiger partial charge in [-0.05, 0) is 24.1 Å². The van der Waals surface area contributed by atoms with Gasteiger partial charge in [-0.3, -0.25) is 0 Å². The second-order valence-corrected chi connectivity index (χ2v) is 5.48. The van der Waals surface area contributed by atoms with Gasteiger partial charge in [0.05, 0.1) is 6.54 Å². The summed E-state index contributed by atoms with van der Waals surface area (Å²) in [5.41, 5.74) is 9.38. The summed E-state index contributed by atoms with van der Waals surface area (Å²) in [5.74, 6) is 0.708. The zero-order valence-electron chi connectivity index (χ0n) is 12.3. The minimum Gasteiger partial charge on any atom is -0.472 e. The van der Waals surface area contributed by atoms with Crippen molar-refractivity contribution in [3.05, 3.63) is 53.7 Å². The first-order valence-electron chi connectivity index (χ1n) is 7.38. The van der Waals surface area contributed by atoms with Crippen LogP contribution in [0.3, 0.4) is 0 Å². The summed E-state index contributed by atoms with van der Waals surface area (Å²) in [4.78, 5) is 6.66. The molecular weight excluding hydrogens is 262 g/mol. The van der Waals surface area contributed by atoms with Gasteiger partial charge >= 0.3 is 0 Å². The molecule has 2 N–H and O–H groups in total. The zero-order chi connectivity index (χ0) is 14.7. The lowest BCUT2D eigenvalue weighted by molar-refractivity contribution is 0.216. The summed E-state index contributed by atoms with van der Waals surface area (Å²) in [5, 5.41) is 0. The Morgan fingerprint density at radius 2 is 2.14 bits per heavy atom. The van der Waals surface area contributed by atoms with Gasteiger partial charge in [0.15, 0.2) is 0 Å². The molecule has 2 aromatic rings. The summed E-state index contributed by atoms with van der Waals surface area (Å²) in [7, 11) is 0. The quantitative estimate of drug-likeness (QED) is 0.936.